The summed E-state index contributed by atoms with van der Waals surface area (Å²) in [5, 5.41) is 2.86. The van der Waals surface area contributed by atoms with Crippen molar-refractivity contribution >= 4 is 11.6 Å². The lowest BCUT2D eigenvalue weighted by Gasteiger charge is -2.13. The quantitative estimate of drug-likeness (QED) is 0.835. The van der Waals surface area contributed by atoms with Crippen molar-refractivity contribution in [2.75, 3.05) is 11.9 Å². The van der Waals surface area contributed by atoms with E-state index < -0.39 is 5.54 Å². The fraction of sp³-hybridized carbons (Fsp3) is 0.462. The molecule has 1 fully saturated rings. The predicted molar refractivity (Wildman–Crippen MR) is 67.1 cm³/mol. The summed E-state index contributed by atoms with van der Waals surface area (Å²) in [6.07, 6.45) is 1.55. The summed E-state index contributed by atoms with van der Waals surface area (Å²) in [4.78, 5) is 11.8. The van der Waals surface area contributed by atoms with Crippen LogP contribution in [0.25, 0.3) is 0 Å². The Labute approximate surface area is 101 Å². The van der Waals surface area contributed by atoms with Gasteiger partial charge in [0, 0.05) is 5.69 Å². The smallest absolute Gasteiger partial charge is 0.244 e. The Morgan fingerprint density at radius 2 is 2.24 bits per heavy atom. The van der Waals surface area contributed by atoms with Gasteiger partial charge in [0.1, 0.15) is 5.75 Å². The van der Waals surface area contributed by atoms with Crippen LogP contribution in [0.2, 0.25) is 0 Å². The first kappa shape index (κ1) is 11.9. The van der Waals surface area contributed by atoms with Crippen molar-refractivity contribution in [1.82, 2.24) is 0 Å². The van der Waals surface area contributed by atoms with Gasteiger partial charge in [-0.05, 0) is 50.5 Å². The fourth-order valence-corrected chi connectivity index (χ4v) is 1.64. The standard InChI is InChI=1S/C13H18N2O2/c1-3-17-10-4-5-11(9(2)8-10)15-12(16)13(14)6-7-13/h4-5,8H,3,6-7,14H2,1-2H3,(H,15,16). The Morgan fingerprint density at radius 1 is 1.53 bits per heavy atom. The molecule has 92 valence electrons. The minimum Gasteiger partial charge on any atom is -0.494 e. The molecule has 2 rings (SSSR count). The van der Waals surface area contributed by atoms with Crippen molar-refractivity contribution in [3.8, 4) is 5.75 Å². The molecule has 1 aliphatic rings. The molecule has 0 aliphatic heterocycles. The van der Waals surface area contributed by atoms with Gasteiger partial charge in [-0.3, -0.25) is 4.79 Å². The normalized spacial score (nSPS) is 16.4. The average Bonchev–Trinajstić information content (AvgIpc) is 3.02. The van der Waals surface area contributed by atoms with Crippen LogP contribution in [0.3, 0.4) is 0 Å². The van der Waals surface area contributed by atoms with Gasteiger partial charge in [0.2, 0.25) is 5.91 Å². The van der Waals surface area contributed by atoms with Crippen molar-refractivity contribution in [2.24, 2.45) is 5.73 Å². The molecule has 4 nitrogen and oxygen atoms in total. The molecule has 0 bridgehead atoms. The summed E-state index contributed by atoms with van der Waals surface area (Å²) in [6, 6.07) is 5.61. The first-order valence-corrected chi connectivity index (χ1v) is 5.89. The molecule has 4 heteroatoms. The Kier molecular flexibility index (Phi) is 3.07. The maximum absolute atomic E-state index is 11.8. The van der Waals surface area contributed by atoms with Crippen molar-refractivity contribution < 1.29 is 9.53 Å². The van der Waals surface area contributed by atoms with E-state index in [4.69, 9.17) is 10.5 Å². The Morgan fingerprint density at radius 3 is 2.76 bits per heavy atom. The monoisotopic (exact) mass is 234 g/mol. The van der Waals surface area contributed by atoms with Crippen molar-refractivity contribution in [2.45, 2.75) is 32.2 Å². The van der Waals surface area contributed by atoms with Gasteiger partial charge in [-0.1, -0.05) is 0 Å². The van der Waals surface area contributed by atoms with Gasteiger partial charge in [-0.2, -0.15) is 0 Å². The summed E-state index contributed by atoms with van der Waals surface area (Å²) in [7, 11) is 0. The molecule has 0 saturated heterocycles. The Balaban J connectivity index is 2.08. The Bertz CT molecular complexity index is 439. The molecule has 3 N–H and O–H groups in total. The van der Waals surface area contributed by atoms with E-state index in [-0.39, 0.29) is 5.91 Å². The first-order chi connectivity index (χ1) is 8.05. The van der Waals surface area contributed by atoms with Crippen LogP contribution in [-0.2, 0) is 4.79 Å². The molecule has 0 aromatic heterocycles. The zero-order valence-electron chi connectivity index (χ0n) is 10.2. The summed E-state index contributed by atoms with van der Waals surface area (Å²) in [5.74, 6) is 0.724. The molecule has 0 unspecified atom stereocenters. The molecule has 1 aliphatic carbocycles. The molecule has 1 amide bonds. The molecule has 17 heavy (non-hydrogen) atoms. The first-order valence-electron chi connectivity index (χ1n) is 5.89. The number of carbonyl (C=O) groups is 1. The summed E-state index contributed by atoms with van der Waals surface area (Å²) >= 11 is 0. The zero-order chi connectivity index (χ0) is 12.5. The molecule has 0 radical (unpaired) electrons. The molecular formula is C13H18N2O2. The van der Waals surface area contributed by atoms with E-state index in [0.29, 0.717) is 6.61 Å². The third-order valence-corrected chi connectivity index (χ3v) is 3.00. The van der Waals surface area contributed by atoms with Gasteiger partial charge in [0.15, 0.2) is 0 Å². The van der Waals surface area contributed by atoms with E-state index in [0.717, 1.165) is 29.8 Å². The van der Waals surface area contributed by atoms with E-state index in [2.05, 4.69) is 5.32 Å². The van der Waals surface area contributed by atoms with Gasteiger partial charge in [0.05, 0.1) is 12.1 Å². The number of hydrogen-bond acceptors (Lipinski definition) is 3. The molecular weight excluding hydrogens is 216 g/mol. The lowest BCUT2D eigenvalue weighted by atomic mass is 10.1. The maximum Gasteiger partial charge on any atom is 0.244 e. The molecule has 0 atom stereocenters. The van der Waals surface area contributed by atoms with Gasteiger partial charge < -0.3 is 15.8 Å². The number of carbonyl (C=O) groups excluding carboxylic acids is 1. The number of ether oxygens (including phenoxy) is 1. The molecule has 1 aromatic rings. The highest BCUT2D eigenvalue weighted by Gasteiger charge is 2.46. The van der Waals surface area contributed by atoms with E-state index in [9.17, 15) is 4.79 Å². The second-order valence-corrected chi connectivity index (χ2v) is 4.52. The lowest BCUT2D eigenvalue weighted by molar-refractivity contribution is -0.118. The van der Waals surface area contributed by atoms with Crippen molar-refractivity contribution in [3.05, 3.63) is 23.8 Å². The summed E-state index contributed by atoms with van der Waals surface area (Å²) in [5.41, 5.74) is 6.98. The van der Waals surface area contributed by atoms with E-state index in [1.807, 2.05) is 32.0 Å². The highest BCUT2D eigenvalue weighted by atomic mass is 16.5. The molecule has 0 spiro atoms. The number of rotatable bonds is 4. The van der Waals surface area contributed by atoms with Crippen LogP contribution in [0.15, 0.2) is 18.2 Å². The fourth-order valence-electron chi connectivity index (χ4n) is 1.64. The van der Waals surface area contributed by atoms with E-state index >= 15 is 0 Å². The molecule has 1 aromatic carbocycles. The van der Waals surface area contributed by atoms with E-state index in [1.165, 1.54) is 0 Å². The largest absolute Gasteiger partial charge is 0.494 e. The van der Waals surface area contributed by atoms with Crippen molar-refractivity contribution in [1.29, 1.82) is 0 Å². The minimum absolute atomic E-state index is 0.0928. The SMILES string of the molecule is CCOc1ccc(NC(=O)C2(N)CC2)c(C)c1. The van der Waals surface area contributed by atoms with Gasteiger partial charge in [0.25, 0.3) is 0 Å². The third-order valence-electron chi connectivity index (χ3n) is 3.00. The number of benzene rings is 1. The zero-order valence-corrected chi connectivity index (χ0v) is 10.2. The number of amides is 1. The van der Waals surface area contributed by atoms with Crippen molar-refractivity contribution in [3.63, 3.8) is 0 Å². The number of nitrogens with two attached hydrogens (primary N) is 1. The summed E-state index contributed by atoms with van der Waals surface area (Å²) < 4.78 is 5.39. The topological polar surface area (TPSA) is 64.3 Å². The van der Waals surface area contributed by atoms with Crippen LogP contribution >= 0.6 is 0 Å². The second-order valence-electron chi connectivity index (χ2n) is 4.52. The van der Waals surface area contributed by atoms with Crippen LogP contribution in [0, 0.1) is 6.92 Å². The maximum atomic E-state index is 11.8. The number of anilines is 1. The summed E-state index contributed by atoms with van der Waals surface area (Å²) in [6.45, 7) is 4.52. The molecule has 1 saturated carbocycles. The number of nitrogens with one attached hydrogen (secondary N) is 1. The van der Waals surface area contributed by atoms with E-state index in [1.54, 1.807) is 0 Å². The predicted octanol–water partition coefficient (Wildman–Crippen LogP) is 1.82. The van der Waals surface area contributed by atoms with Gasteiger partial charge in [-0.25, -0.2) is 0 Å². The second kappa shape index (κ2) is 4.37. The third kappa shape index (κ3) is 2.58. The lowest BCUT2D eigenvalue weighted by Crippen LogP contribution is -2.37. The molecule has 0 heterocycles. The van der Waals surface area contributed by atoms with Gasteiger partial charge >= 0.3 is 0 Å². The van der Waals surface area contributed by atoms with Crippen LogP contribution in [0.1, 0.15) is 25.3 Å². The van der Waals surface area contributed by atoms with Gasteiger partial charge in [-0.15, -0.1) is 0 Å². The van der Waals surface area contributed by atoms with Crippen LogP contribution in [0.5, 0.6) is 5.75 Å². The highest BCUT2D eigenvalue weighted by molar-refractivity contribution is 6.00. The average molecular weight is 234 g/mol. The highest BCUT2D eigenvalue weighted by Crippen LogP contribution is 2.34. The number of hydrogen-bond donors (Lipinski definition) is 2. The minimum atomic E-state index is -0.634. The van der Waals surface area contributed by atoms with Crippen LogP contribution in [-0.4, -0.2) is 18.1 Å². The van der Waals surface area contributed by atoms with Crippen LogP contribution in [0.4, 0.5) is 5.69 Å². The Hall–Kier alpha value is -1.55. The number of aryl methyl sites for hydroxylation is 1. The van der Waals surface area contributed by atoms with Crippen LogP contribution < -0.4 is 15.8 Å².